The fourth-order valence-electron chi connectivity index (χ4n) is 2.84. The molecule has 1 atom stereocenters. The molecule has 0 aromatic heterocycles. The van der Waals surface area contributed by atoms with Gasteiger partial charge in [-0.05, 0) is 50.5 Å². The normalized spacial score (nSPS) is 18.6. The van der Waals surface area contributed by atoms with Crippen LogP contribution in [0.4, 0.5) is 5.69 Å². The Labute approximate surface area is 148 Å². The number of benzene rings is 1. The second-order valence-electron chi connectivity index (χ2n) is 6.20. The van der Waals surface area contributed by atoms with Crippen LogP contribution in [0, 0.1) is 12.8 Å². The summed E-state index contributed by atoms with van der Waals surface area (Å²) in [6.45, 7) is 4.49. The lowest BCUT2D eigenvalue weighted by Gasteiger charge is -2.30. The summed E-state index contributed by atoms with van der Waals surface area (Å²) in [7, 11) is -3.29. The average Bonchev–Trinajstić information content (AvgIpc) is 2.56. The highest BCUT2D eigenvalue weighted by Crippen LogP contribution is 2.22. The van der Waals surface area contributed by atoms with Crippen LogP contribution in [0.3, 0.4) is 0 Å². The van der Waals surface area contributed by atoms with Crippen LogP contribution in [0.25, 0.3) is 0 Å². The molecule has 1 aliphatic rings. The predicted molar refractivity (Wildman–Crippen MR) is 94.9 cm³/mol. The average molecular weight is 368 g/mol. The van der Waals surface area contributed by atoms with Crippen molar-refractivity contribution in [2.45, 2.75) is 26.7 Å². The van der Waals surface area contributed by atoms with Crippen molar-refractivity contribution >= 4 is 27.6 Å². The van der Waals surface area contributed by atoms with Gasteiger partial charge in [0.15, 0.2) is 0 Å². The summed E-state index contributed by atoms with van der Waals surface area (Å²) < 4.78 is 29.6. The first kappa shape index (κ1) is 19.4. The number of nitrogens with zero attached hydrogens (tertiary/aromatic N) is 1. The fourth-order valence-corrected chi connectivity index (χ4v) is 3.75. The third-order valence-corrected chi connectivity index (χ3v) is 5.49. The molecule has 1 unspecified atom stereocenters. The molecule has 1 aromatic carbocycles. The number of nitrogens with one attached hydrogen (secondary N) is 1. The van der Waals surface area contributed by atoms with Crippen LogP contribution >= 0.6 is 0 Å². The Morgan fingerprint density at radius 3 is 2.68 bits per heavy atom. The smallest absolute Gasteiger partial charge is 0.338 e. The predicted octanol–water partition coefficient (Wildman–Crippen LogP) is 1.78. The third kappa shape index (κ3) is 5.02. The molecule has 1 aliphatic heterocycles. The van der Waals surface area contributed by atoms with E-state index < -0.39 is 16.0 Å². The van der Waals surface area contributed by atoms with Crippen molar-refractivity contribution in [1.29, 1.82) is 0 Å². The lowest BCUT2D eigenvalue weighted by atomic mass is 9.98. The zero-order valence-corrected chi connectivity index (χ0v) is 15.6. The number of rotatable bonds is 5. The van der Waals surface area contributed by atoms with Gasteiger partial charge in [0.1, 0.15) is 0 Å². The molecular formula is C17H24N2O5S. The van der Waals surface area contributed by atoms with Crippen LogP contribution in [0.1, 0.15) is 35.7 Å². The minimum Gasteiger partial charge on any atom is -0.462 e. The first-order valence-electron chi connectivity index (χ1n) is 8.26. The molecule has 0 aliphatic carbocycles. The maximum atomic E-state index is 12.5. The van der Waals surface area contributed by atoms with Gasteiger partial charge in [-0.3, -0.25) is 4.79 Å². The number of anilines is 1. The summed E-state index contributed by atoms with van der Waals surface area (Å²) in [5.74, 6) is -0.993. The van der Waals surface area contributed by atoms with E-state index >= 15 is 0 Å². The summed E-state index contributed by atoms with van der Waals surface area (Å²) in [6.07, 6.45) is 2.47. The molecule has 138 valence electrons. The first-order valence-corrected chi connectivity index (χ1v) is 10.1. The van der Waals surface area contributed by atoms with E-state index in [0.717, 1.165) is 11.8 Å². The lowest BCUT2D eigenvalue weighted by Crippen LogP contribution is -2.43. The Kier molecular flexibility index (Phi) is 6.18. The molecule has 8 heteroatoms. The number of hydrogen-bond acceptors (Lipinski definition) is 5. The highest BCUT2D eigenvalue weighted by molar-refractivity contribution is 7.88. The molecular weight excluding hydrogens is 344 g/mol. The lowest BCUT2D eigenvalue weighted by molar-refractivity contribution is -0.120. The van der Waals surface area contributed by atoms with E-state index in [2.05, 4.69) is 5.32 Å². The minimum atomic E-state index is -3.29. The van der Waals surface area contributed by atoms with E-state index in [1.54, 1.807) is 32.0 Å². The number of amides is 1. The van der Waals surface area contributed by atoms with E-state index in [1.807, 2.05) is 0 Å². The quantitative estimate of drug-likeness (QED) is 0.800. The second kappa shape index (κ2) is 7.97. The summed E-state index contributed by atoms with van der Waals surface area (Å²) >= 11 is 0. The van der Waals surface area contributed by atoms with Gasteiger partial charge in [0, 0.05) is 18.8 Å². The molecule has 1 amide bonds. The van der Waals surface area contributed by atoms with Crippen molar-refractivity contribution in [2.75, 3.05) is 31.3 Å². The van der Waals surface area contributed by atoms with Gasteiger partial charge in [-0.1, -0.05) is 0 Å². The van der Waals surface area contributed by atoms with Crippen LogP contribution < -0.4 is 5.32 Å². The number of sulfonamides is 1. The highest BCUT2D eigenvalue weighted by Gasteiger charge is 2.30. The number of ether oxygens (including phenoxy) is 1. The van der Waals surface area contributed by atoms with Crippen LogP contribution in [-0.2, 0) is 19.6 Å². The van der Waals surface area contributed by atoms with Gasteiger partial charge in [0.2, 0.25) is 15.9 Å². The summed E-state index contributed by atoms with van der Waals surface area (Å²) in [5, 5.41) is 2.84. The van der Waals surface area contributed by atoms with Crippen LogP contribution in [0.2, 0.25) is 0 Å². The highest BCUT2D eigenvalue weighted by atomic mass is 32.2. The maximum Gasteiger partial charge on any atom is 0.338 e. The van der Waals surface area contributed by atoms with Gasteiger partial charge in [-0.2, -0.15) is 0 Å². The van der Waals surface area contributed by atoms with Crippen molar-refractivity contribution in [3.05, 3.63) is 29.3 Å². The Morgan fingerprint density at radius 2 is 2.08 bits per heavy atom. The zero-order chi connectivity index (χ0) is 18.6. The molecule has 0 radical (unpaired) electrons. The molecule has 1 fully saturated rings. The topological polar surface area (TPSA) is 92.8 Å². The van der Waals surface area contributed by atoms with Gasteiger partial charge in [-0.25, -0.2) is 17.5 Å². The second-order valence-corrected chi connectivity index (χ2v) is 8.18. The number of carbonyl (C=O) groups excluding carboxylic acids is 2. The monoisotopic (exact) mass is 368 g/mol. The molecule has 1 N–H and O–H groups in total. The van der Waals surface area contributed by atoms with Gasteiger partial charge in [0.25, 0.3) is 0 Å². The molecule has 1 aromatic rings. The standard InChI is InChI=1S/C17H24N2O5S/c1-4-24-17(21)13-7-8-15(12(2)10-13)18-16(20)14-6-5-9-19(11-14)25(3,22)23/h7-8,10,14H,4-6,9,11H2,1-3H3,(H,18,20). The molecule has 2 rings (SSSR count). The van der Waals surface area contributed by atoms with Crippen LogP contribution in [-0.4, -0.2) is 50.6 Å². The Balaban J connectivity index is 2.06. The van der Waals surface area contributed by atoms with E-state index in [-0.39, 0.29) is 18.4 Å². The number of carbonyl (C=O) groups is 2. The summed E-state index contributed by atoms with van der Waals surface area (Å²) in [6, 6.07) is 4.93. The molecule has 0 spiro atoms. The number of aryl methyl sites for hydroxylation is 1. The SMILES string of the molecule is CCOC(=O)c1ccc(NC(=O)C2CCCN(S(C)(=O)=O)C2)c(C)c1. The van der Waals surface area contributed by atoms with Gasteiger partial charge >= 0.3 is 5.97 Å². The number of hydrogen-bond donors (Lipinski definition) is 1. The Morgan fingerprint density at radius 1 is 1.36 bits per heavy atom. The minimum absolute atomic E-state index is 0.199. The Hall–Kier alpha value is -1.93. The Bertz CT molecular complexity index is 760. The molecule has 1 heterocycles. The molecule has 7 nitrogen and oxygen atoms in total. The van der Waals surface area contributed by atoms with Gasteiger partial charge < -0.3 is 10.1 Å². The van der Waals surface area contributed by atoms with Crippen LogP contribution in [0.5, 0.6) is 0 Å². The molecule has 0 saturated carbocycles. The fraction of sp³-hybridized carbons (Fsp3) is 0.529. The third-order valence-electron chi connectivity index (χ3n) is 4.22. The number of piperidine rings is 1. The molecule has 0 bridgehead atoms. The van der Waals surface area contributed by atoms with Gasteiger partial charge in [-0.15, -0.1) is 0 Å². The summed E-state index contributed by atoms with van der Waals surface area (Å²) in [5.41, 5.74) is 1.78. The maximum absolute atomic E-state index is 12.5. The molecule has 25 heavy (non-hydrogen) atoms. The van der Waals surface area contributed by atoms with Crippen molar-refractivity contribution < 1.29 is 22.7 Å². The van der Waals surface area contributed by atoms with Gasteiger partial charge in [0.05, 0.1) is 24.3 Å². The zero-order valence-electron chi connectivity index (χ0n) is 14.7. The van der Waals surface area contributed by atoms with Crippen LogP contribution in [0.15, 0.2) is 18.2 Å². The van der Waals surface area contributed by atoms with E-state index in [4.69, 9.17) is 4.74 Å². The van der Waals surface area contributed by atoms with E-state index in [0.29, 0.717) is 37.2 Å². The van der Waals surface area contributed by atoms with Crippen molar-refractivity contribution in [2.24, 2.45) is 5.92 Å². The van der Waals surface area contributed by atoms with Crippen molar-refractivity contribution in [3.63, 3.8) is 0 Å². The van der Waals surface area contributed by atoms with Crippen molar-refractivity contribution in [3.8, 4) is 0 Å². The first-order chi connectivity index (χ1) is 11.7. The number of esters is 1. The summed E-state index contributed by atoms with van der Waals surface area (Å²) in [4.78, 5) is 24.2. The van der Waals surface area contributed by atoms with E-state index in [1.165, 1.54) is 4.31 Å². The largest absolute Gasteiger partial charge is 0.462 e. The van der Waals surface area contributed by atoms with E-state index in [9.17, 15) is 18.0 Å². The van der Waals surface area contributed by atoms with Crippen molar-refractivity contribution in [1.82, 2.24) is 4.31 Å². The molecule has 1 saturated heterocycles.